The molecule has 0 saturated heterocycles. The van der Waals surface area contributed by atoms with Crippen LogP contribution in [0, 0.1) is 0 Å². The van der Waals surface area contributed by atoms with Crippen molar-refractivity contribution in [1.82, 2.24) is 19.5 Å². The fourth-order valence-corrected chi connectivity index (χ4v) is 2.02. The van der Waals surface area contributed by atoms with E-state index < -0.39 is 5.91 Å². The third-order valence-electron chi connectivity index (χ3n) is 3.31. The van der Waals surface area contributed by atoms with Crippen LogP contribution in [0.2, 0.25) is 0 Å². The Morgan fingerprint density at radius 1 is 1.22 bits per heavy atom. The number of aryl methyl sites for hydroxylation is 1. The average Bonchev–Trinajstić information content (AvgIpc) is 3.11. The Kier molecular flexibility index (Phi) is 4.01. The van der Waals surface area contributed by atoms with E-state index in [9.17, 15) is 4.79 Å². The van der Waals surface area contributed by atoms with Gasteiger partial charge < -0.3 is 15.6 Å². The zero-order valence-electron chi connectivity index (χ0n) is 12.6. The molecule has 116 valence electrons. The predicted molar refractivity (Wildman–Crippen MR) is 87.3 cm³/mol. The van der Waals surface area contributed by atoms with Gasteiger partial charge in [0.05, 0.1) is 17.6 Å². The number of nitrogens with one attached hydrogen (secondary N) is 1. The van der Waals surface area contributed by atoms with E-state index in [0.29, 0.717) is 17.3 Å². The third kappa shape index (κ3) is 3.18. The molecule has 0 radical (unpaired) electrons. The summed E-state index contributed by atoms with van der Waals surface area (Å²) in [5, 5.41) is 2.68. The summed E-state index contributed by atoms with van der Waals surface area (Å²) in [6, 6.07) is 7.26. The Morgan fingerprint density at radius 2 is 2.00 bits per heavy atom. The summed E-state index contributed by atoms with van der Waals surface area (Å²) < 4.78 is 1.82. The molecule has 0 spiro atoms. The topological polar surface area (TPSA) is 98.7 Å². The smallest absolute Gasteiger partial charge is 0.277 e. The molecule has 0 atom stereocenters. The highest BCUT2D eigenvalue weighted by Crippen LogP contribution is 2.18. The number of pyridine rings is 1. The minimum Gasteiger partial charge on any atom is -0.396 e. The third-order valence-corrected chi connectivity index (χ3v) is 3.31. The quantitative estimate of drug-likeness (QED) is 0.768. The Balaban J connectivity index is 1.83. The van der Waals surface area contributed by atoms with Crippen LogP contribution in [0.5, 0.6) is 0 Å². The van der Waals surface area contributed by atoms with Gasteiger partial charge in [0.15, 0.2) is 5.82 Å². The molecule has 3 aromatic rings. The number of aromatic nitrogens is 4. The molecule has 0 fully saturated rings. The molecule has 0 unspecified atom stereocenters. The molecule has 7 heteroatoms. The summed E-state index contributed by atoms with van der Waals surface area (Å²) in [5.41, 5.74) is 7.32. The second-order valence-corrected chi connectivity index (χ2v) is 4.90. The van der Waals surface area contributed by atoms with Gasteiger partial charge >= 0.3 is 0 Å². The molecule has 0 aliphatic heterocycles. The van der Waals surface area contributed by atoms with Gasteiger partial charge in [0.1, 0.15) is 11.5 Å². The fourth-order valence-electron chi connectivity index (χ4n) is 2.02. The highest BCUT2D eigenvalue weighted by molar-refractivity contribution is 6.03. The first-order valence-electron chi connectivity index (χ1n) is 7.19. The SMILES string of the molecule is CCc1cnc(C(=O)Nc2nc(-n3cccc3)ccc2N)cn1. The van der Waals surface area contributed by atoms with Crippen molar-refractivity contribution in [1.29, 1.82) is 0 Å². The van der Waals surface area contributed by atoms with Gasteiger partial charge in [-0.25, -0.2) is 9.97 Å². The molecular weight excluding hydrogens is 292 g/mol. The lowest BCUT2D eigenvalue weighted by atomic mass is 10.3. The van der Waals surface area contributed by atoms with Crippen LogP contribution in [-0.4, -0.2) is 25.4 Å². The zero-order valence-corrected chi connectivity index (χ0v) is 12.6. The standard InChI is InChI=1S/C16H16N6O/c1-2-11-9-19-13(10-18-11)16(23)21-15-12(17)5-6-14(20-15)22-7-3-4-8-22/h3-10H,2,17H2,1H3,(H,20,21,23). The number of hydrogen-bond acceptors (Lipinski definition) is 5. The number of nitrogens with two attached hydrogens (primary N) is 1. The molecule has 0 aromatic carbocycles. The molecule has 7 nitrogen and oxygen atoms in total. The maximum absolute atomic E-state index is 12.2. The normalized spacial score (nSPS) is 10.5. The summed E-state index contributed by atoms with van der Waals surface area (Å²) in [6.07, 6.45) is 7.52. The van der Waals surface area contributed by atoms with Crippen LogP contribution in [0.15, 0.2) is 49.1 Å². The van der Waals surface area contributed by atoms with E-state index in [0.717, 1.165) is 12.1 Å². The Morgan fingerprint density at radius 3 is 2.65 bits per heavy atom. The fraction of sp³-hybridized carbons (Fsp3) is 0.125. The molecule has 0 saturated carbocycles. The number of nitrogens with zero attached hydrogens (tertiary/aromatic N) is 4. The maximum atomic E-state index is 12.2. The largest absolute Gasteiger partial charge is 0.396 e. The van der Waals surface area contributed by atoms with Crippen molar-refractivity contribution in [2.45, 2.75) is 13.3 Å². The molecule has 3 heterocycles. The first-order chi connectivity index (χ1) is 11.2. The number of anilines is 2. The molecule has 3 rings (SSSR count). The monoisotopic (exact) mass is 308 g/mol. The number of carbonyl (C=O) groups excluding carboxylic acids is 1. The molecular formula is C16H16N6O. The highest BCUT2D eigenvalue weighted by atomic mass is 16.1. The van der Waals surface area contributed by atoms with Crippen molar-refractivity contribution in [3.05, 3.63) is 60.4 Å². The van der Waals surface area contributed by atoms with E-state index >= 15 is 0 Å². The van der Waals surface area contributed by atoms with Gasteiger partial charge in [-0.2, -0.15) is 0 Å². The number of hydrogen-bond donors (Lipinski definition) is 2. The van der Waals surface area contributed by atoms with Crippen LogP contribution in [0.25, 0.3) is 5.82 Å². The lowest BCUT2D eigenvalue weighted by Crippen LogP contribution is -2.17. The van der Waals surface area contributed by atoms with Crippen LogP contribution >= 0.6 is 0 Å². The Labute approximate surface area is 133 Å². The Hall–Kier alpha value is -3.22. The van der Waals surface area contributed by atoms with Gasteiger partial charge in [-0.1, -0.05) is 6.92 Å². The molecule has 0 bridgehead atoms. The molecule has 23 heavy (non-hydrogen) atoms. The average molecular weight is 308 g/mol. The van der Waals surface area contributed by atoms with Crippen molar-refractivity contribution >= 4 is 17.4 Å². The first-order valence-corrected chi connectivity index (χ1v) is 7.19. The molecule has 0 aliphatic rings. The highest BCUT2D eigenvalue weighted by Gasteiger charge is 2.12. The van der Waals surface area contributed by atoms with Gasteiger partial charge in [0, 0.05) is 18.6 Å². The minimum atomic E-state index is -0.399. The van der Waals surface area contributed by atoms with Crippen LogP contribution in [0.3, 0.4) is 0 Å². The summed E-state index contributed by atoms with van der Waals surface area (Å²) in [4.78, 5) is 24.9. The summed E-state index contributed by atoms with van der Waals surface area (Å²) in [7, 11) is 0. The van der Waals surface area contributed by atoms with Crippen molar-refractivity contribution in [3.8, 4) is 5.82 Å². The number of amides is 1. The van der Waals surface area contributed by atoms with Crippen molar-refractivity contribution in [2.75, 3.05) is 11.1 Å². The number of carbonyl (C=O) groups is 1. The van der Waals surface area contributed by atoms with E-state index in [4.69, 9.17) is 5.73 Å². The van der Waals surface area contributed by atoms with Gasteiger partial charge in [-0.05, 0) is 30.7 Å². The van der Waals surface area contributed by atoms with Gasteiger partial charge in [0.25, 0.3) is 5.91 Å². The van der Waals surface area contributed by atoms with Gasteiger partial charge in [0.2, 0.25) is 0 Å². The number of nitrogen functional groups attached to an aromatic ring is 1. The molecule has 3 aromatic heterocycles. The van der Waals surface area contributed by atoms with Crippen LogP contribution in [0.1, 0.15) is 23.1 Å². The second-order valence-electron chi connectivity index (χ2n) is 4.90. The van der Waals surface area contributed by atoms with Crippen molar-refractivity contribution in [2.24, 2.45) is 0 Å². The molecule has 0 aliphatic carbocycles. The maximum Gasteiger partial charge on any atom is 0.277 e. The van der Waals surface area contributed by atoms with E-state index in [1.165, 1.54) is 6.20 Å². The second kappa shape index (κ2) is 6.27. The van der Waals surface area contributed by atoms with E-state index in [1.807, 2.05) is 36.0 Å². The summed E-state index contributed by atoms with van der Waals surface area (Å²) in [6.45, 7) is 1.97. The lowest BCUT2D eigenvalue weighted by molar-refractivity contribution is 0.102. The summed E-state index contributed by atoms with van der Waals surface area (Å²) >= 11 is 0. The molecule has 3 N–H and O–H groups in total. The van der Waals surface area contributed by atoms with E-state index in [2.05, 4.69) is 20.3 Å². The first kappa shape index (κ1) is 14.7. The van der Waals surface area contributed by atoms with Gasteiger partial charge in [-0.15, -0.1) is 0 Å². The van der Waals surface area contributed by atoms with E-state index in [1.54, 1.807) is 18.3 Å². The van der Waals surface area contributed by atoms with Crippen molar-refractivity contribution in [3.63, 3.8) is 0 Å². The number of rotatable bonds is 4. The molecule has 1 amide bonds. The lowest BCUT2D eigenvalue weighted by Gasteiger charge is -2.09. The van der Waals surface area contributed by atoms with Crippen molar-refractivity contribution < 1.29 is 4.79 Å². The zero-order chi connectivity index (χ0) is 16.2. The van der Waals surface area contributed by atoms with E-state index in [-0.39, 0.29) is 5.69 Å². The van der Waals surface area contributed by atoms with Gasteiger partial charge in [-0.3, -0.25) is 9.78 Å². The van der Waals surface area contributed by atoms with Crippen LogP contribution < -0.4 is 11.1 Å². The van der Waals surface area contributed by atoms with Crippen LogP contribution in [-0.2, 0) is 6.42 Å². The predicted octanol–water partition coefficient (Wildman–Crippen LogP) is 2.06. The Bertz CT molecular complexity index is 811. The summed E-state index contributed by atoms with van der Waals surface area (Å²) in [5.74, 6) is 0.554. The van der Waals surface area contributed by atoms with Crippen LogP contribution in [0.4, 0.5) is 11.5 Å². The minimum absolute atomic E-state index is 0.217.